The molecular formula is C63H40N2. The first-order chi connectivity index (χ1) is 32.3. The molecule has 302 valence electrons. The van der Waals surface area contributed by atoms with Gasteiger partial charge >= 0.3 is 0 Å². The average molecular weight is 825 g/mol. The van der Waals surface area contributed by atoms with Gasteiger partial charge in [0.25, 0.3) is 0 Å². The standard InChI is InChI=1S/C63H40N2/c1-2-19-43-39-44(36-35-41(43)17-1)64(59-32-12-8-25-52(59)49-23-6-5-22-48(49)47-27-15-20-42-18-3-4-21-46(42)47)45-37-38-51-50-24-7-10-29-55(50)63(58(51)40-45)56-30-11-14-34-61(56)65-60-33-13-9-26-53(60)54-28-16-31-57(63)62(54)65/h1-40H. The molecule has 2 aliphatic rings. The van der Waals surface area contributed by atoms with Gasteiger partial charge in [-0.15, -0.1) is 0 Å². The molecule has 1 aliphatic heterocycles. The Morgan fingerprint density at radius 3 is 1.74 bits per heavy atom. The molecule has 0 amide bonds. The summed E-state index contributed by atoms with van der Waals surface area (Å²) in [5.74, 6) is 0. The molecule has 0 radical (unpaired) electrons. The number of rotatable bonds is 5. The van der Waals surface area contributed by atoms with E-state index in [-0.39, 0.29) is 0 Å². The molecule has 0 N–H and O–H groups in total. The lowest BCUT2D eigenvalue weighted by atomic mass is 9.65. The summed E-state index contributed by atoms with van der Waals surface area (Å²) < 4.78 is 2.52. The number of aromatic nitrogens is 1. The molecule has 14 rings (SSSR count). The van der Waals surface area contributed by atoms with Gasteiger partial charge in [-0.25, -0.2) is 0 Å². The number of nitrogens with zero attached hydrogens (tertiary/aromatic N) is 2. The second-order valence-electron chi connectivity index (χ2n) is 17.6. The van der Waals surface area contributed by atoms with Crippen molar-refractivity contribution in [1.82, 2.24) is 4.57 Å². The predicted octanol–water partition coefficient (Wildman–Crippen LogP) is 16.6. The van der Waals surface area contributed by atoms with Crippen LogP contribution in [0.25, 0.3) is 82.4 Å². The van der Waals surface area contributed by atoms with Crippen LogP contribution in [-0.2, 0) is 5.41 Å². The minimum atomic E-state index is -0.571. The van der Waals surface area contributed by atoms with Crippen molar-refractivity contribution >= 4 is 60.4 Å². The van der Waals surface area contributed by atoms with E-state index >= 15 is 0 Å². The maximum Gasteiger partial charge on any atom is 0.0755 e. The van der Waals surface area contributed by atoms with Gasteiger partial charge in [0.05, 0.1) is 27.8 Å². The quantitative estimate of drug-likeness (QED) is 0.168. The lowest BCUT2D eigenvalue weighted by molar-refractivity contribution is 0.748. The highest BCUT2D eigenvalue weighted by Crippen LogP contribution is 2.62. The van der Waals surface area contributed by atoms with E-state index in [1.165, 1.54) is 105 Å². The van der Waals surface area contributed by atoms with Crippen LogP contribution in [0.4, 0.5) is 17.1 Å². The molecular weight excluding hydrogens is 785 g/mol. The number of para-hydroxylation sites is 4. The van der Waals surface area contributed by atoms with Crippen molar-refractivity contribution in [2.24, 2.45) is 0 Å². The Morgan fingerprint density at radius 1 is 0.308 bits per heavy atom. The van der Waals surface area contributed by atoms with E-state index in [1.807, 2.05) is 0 Å². The molecule has 11 aromatic carbocycles. The average Bonchev–Trinajstić information content (AvgIpc) is 3.87. The number of hydrogen-bond donors (Lipinski definition) is 0. The molecule has 1 aliphatic carbocycles. The third-order valence-electron chi connectivity index (χ3n) is 14.4. The van der Waals surface area contributed by atoms with E-state index in [4.69, 9.17) is 0 Å². The van der Waals surface area contributed by atoms with Gasteiger partial charge in [0.2, 0.25) is 0 Å². The van der Waals surface area contributed by atoms with Gasteiger partial charge in [-0.1, -0.05) is 200 Å². The first-order valence-corrected chi connectivity index (χ1v) is 22.6. The van der Waals surface area contributed by atoms with Gasteiger partial charge in [-0.2, -0.15) is 0 Å². The molecule has 1 aromatic heterocycles. The van der Waals surface area contributed by atoms with Crippen LogP contribution in [0.1, 0.15) is 22.3 Å². The number of benzene rings is 11. The molecule has 2 heterocycles. The summed E-state index contributed by atoms with van der Waals surface area (Å²) in [6.07, 6.45) is 0. The van der Waals surface area contributed by atoms with Crippen LogP contribution in [-0.4, -0.2) is 4.57 Å². The van der Waals surface area contributed by atoms with Crippen LogP contribution in [0.5, 0.6) is 0 Å². The normalized spacial score (nSPS) is 14.5. The summed E-state index contributed by atoms with van der Waals surface area (Å²) in [6, 6.07) is 90.3. The van der Waals surface area contributed by atoms with E-state index in [0.29, 0.717) is 0 Å². The molecule has 1 atom stereocenters. The van der Waals surface area contributed by atoms with Crippen LogP contribution < -0.4 is 4.90 Å². The third kappa shape index (κ3) is 4.99. The molecule has 2 nitrogen and oxygen atoms in total. The van der Waals surface area contributed by atoms with E-state index in [2.05, 4.69) is 252 Å². The van der Waals surface area contributed by atoms with Crippen molar-refractivity contribution in [2.45, 2.75) is 5.41 Å². The molecule has 12 aromatic rings. The lowest BCUT2D eigenvalue weighted by Gasteiger charge is -2.40. The highest BCUT2D eigenvalue weighted by atomic mass is 15.1. The second-order valence-corrected chi connectivity index (χ2v) is 17.6. The summed E-state index contributed by atoms with van der Waals surface area (Å²) in [6.45, 7) is 0. The van der Waals surface area contributed by atoms with Gasteiger partial charge in [-0.3, -0.25) is 0 Å². The topological polar surface area (TPSA) is 8.17 Å². The Balaban J connectivity index is 1.06. The van der Waals surface area contributed by atoms with E-state index in [1.54, 1.807) is 0 Å². The first-order valence-electron chi connectivity index (χ1n) is 22.6. The Hall–Kier alpha value is -8.46. The Kier molecular flexibility index (Phi) is 7.64. The van der Waals surface area contributed by atoms with Crippen molar-refractivity contribution in [3.05, 3.63) is 265 Å². The van der Waals surface area contributed by atoms with Crippen molar-refractivity contribution in [3.8, 4) is 39.1 Å². The molecule has 1 spiro atoms. The zero-order valence-corrected chi connectivity index (χ0v) is 35.5. The summed E-state index contributed by atoms with van der Waals surface area (Å²) in [5.41, 5.74) is 19.1. The third-order valence-corrected chi connectivity index (χ3v) is 14.4. The van der Waals surface area contributed by atoms with E-state index in [9.17, 15) is 0 Å². The molecule has 0 fully saturated rings. The Morgan fingerprint density at radius 2 is 0.862 bits per heavy atom. The number of fused-ring (bicyclic) bond motifs is 14. The van der Waals surface area contributed by atoms with Crippen molar-refractivity contribution < 1.29 is 0 Å². The monoisotopic (exact) mass is 824 g/mol. The first kappa shape index (κ1) is 36.1. The number of hydrogen-bond acceptors (Lipinski definition) is 1. The fraction of sp³-hybridized carbons (Fsp3) is 0.0159. The fourth-order valence-electron chi connectivity index (χ4n) is 11.7. The van der Waals surface area contributed by atoms with Gasteiger partial charge in [0, 0.05) is 27.7 Å². The second kappa shape index (κ2) is 13.8. The molecule has 2 heteroatoms. The smallest absolute Gasteiger partial charge is 0.0755 e. The summed E-state index contributed by atoms with van der Waals surface area (Å²) >= 11 is 0. The fourth-order valence-corrected chi connectivity index (χ4v) is 11.7. The van der Waals surface area contributed by atoms with Crippen LogP contribution >= 0.6 is 0 Å². The van der Waals surface area contributed by atoms with Crippen LogP contribution in [0.2, 0.25) is 0 Å². The Labute approximate surface area is 377 Å². The van der Waals surface area contributed by atoms with Gasteiger partial charge in [-0.05, 0) is 114 Å². The lowest BCUT2D eigenvalue weighted by Crippen LogP contribution is -2.33. The minimum absolute atomic E-state index is 0.571. The maximum atomic E-state index is 2.52. The molecule has 65 heavy (non-hydrogen) atoms. The molecule has 0 saturated carbocycles. The minimum Gasteiger partial charge on any atom is -0.310 e. The summed E-state index contributed by atoms with van der Waals surface area (Å²) in [4.78, 5) is 2.50. The maximum absolute atomic E-state index is 2.52. The van der Waals surface area contributed by atoms with Crippen molar-refractivity contribution in [2.75, 3.05) is 4.90 Å². The largest absolute Gasteiger partial charge is 0.310 e. The van der Waals surface area contributed by atoms with Gasteiger partial charge in [0.15, 0.2) is 0 Å². The van der Waals surface area contributed by atoms with E-state index in [0.717, 1.165) is 17.1 Å². The zero-order chi connectivity index (χ0) is 42.6. The van der Waals surface area contributed by atoms with Crippen LogP contribution in [0, 0.1) is 0 Å². The molecule has 0 saturated heterocycles. The highest BCUT2D eigenvalue weighted by molar-refractivity contribution is 6.13. The number of anilines is 3. The Bertz CT molecular complexity index is 3920. The van der Waals surface area contributed by atoms with Crippen molar-refractivity contribution in [3.63, 3.8) is 0 Å². The summed E-state index contributed by atoms with van der Waals surface area (Å²) in [7, 11) is 0. The highest BCUT2D eigenvalue weighted by Gasteiger charge is 2.51. The zero-order valence-electron chi connectivity index (χ0n) is 35.5. The predicted molar refractivity (Wildman–Crippen MR) is 272 cm³/mol. The van der Waals surface area contributed by atoms with Crippen LogP contribution in [0.15, 0.2) is 243 Å². The van der Waals surface area contributed by atoms with Crippen molar-refractivity contribution in [1.29, 1.82) is 0 Å². The van der Waals surface area contributed by atoms with Crippen LogP contribution in [0.3, 0.4) is 0 Å². The summed E-state index contributed by atoms with van der Waals surface area (Å²) in [5, 5.41) is 7.46. The van der Waals surface area contributed by atoms with Gasteiger partial charge in [0.1, 0.15) is 0 Å². The van der Waals surface area contributed by atoms with E-state index < -0.39 is 5.41 Å². The molecule has 1 unspecified atom stereocenters. The van der Waals surface area contributed by atoms with Gasteiger partial charge < -0.3 is 9.47 Å². The molecule has 0 bridgehead atoms. The SMILES string of the molecule is c1ccc(-c2cccc3ccccc23)c(-c2ccccc2N(c2ccc3c(c2)C2(c4ccccc4-3)c3ccccc3-n3c4ccccc4c4cccc2c43)c2ccc3ccccc3c2)c1.